The molecule has 5 heteroatoms. The third-order valence-electron chi connectivity index (χ3n) is 3.80. The van der Waals surface area contributed by atoms with E-state index in [-0.39, 0.29) is 11.9 Å². The number of nitrogens with zero attached hydrogens (tertiary/aromatic N) is 2. The van der Waals surface area contributed by atoms with Crippen LogP contribution in [-0.4, -0.2) is 27.5 Å². The highest BCUT2D eigenvalue weighted by atomic mass is 32.1. The van der Waals surface area contributed by atoms with Gasteiger partial charge in [-0.2, -0.15) is 5.10 Å². The number of amides is 1. The van der Waals surface area contributed by atoms with Crippen LogP contribution in [0.15, 0.2) is 17.6 Å². The van der Waals surface area contributed by atoms with E-state index in [0.29, 0.717) is 5.56 Å². The molecule has 1 amide bonds. The summed E-state index contributed by atoms with van der Waals surface area (Å²) in [5.74, 6) is 0.0925. The Balaban J connectivity index is 1.94. The molecule has 0 spiro atoms. The van der Waals surface area contributed by atoms with Gasteiger partial charge < -0.3 is 4.90 Å². The lowest BCUT2D eigenvalue weighted by Crippen LogP contribution is -2.39. The summed E-state index contributed by atoms with van der Waals surface area (Å²) < 4.78 is 0. The van der Waals surface area contributed by atoms with E-state index in [1.54, 1.807) is 17.5 Å². The van der Waals surface area contributed by atoms with Crippen molar-refractivity contribution < 1.29 is 4.79 Å². The fraction of sp³-hybridized carbons (Fsp3) is 0.429. The Kier molecular flexibility index (Phi) is 3.14. The molecule has 0 saturated heterocycles. The van der Waals surface area contributed by atoms with Crippen LogP contribution in [0.2, 0.25) is 0 Å². The van der Waals surface area contributed by atoms with Crippen molar-refractivity contribution in [2.24, 2.45) is 0 Å². The standard InChI is InChI=1S/C14H17N3OS/c1-3-12-10-5-7-19-13(10)4-6-17(12)14(18)11-8-15-16-9(11)2/h5,7-8,12H,3-4,6H2,1-2H3,(H,15,16). The third kappa shape index (κ3) is 1.98. The number of H-pyrrole nitrogens is 1. The van der Waals surface area contributed by atoms with E-state index in [9.17, 15) is 4.79 Å². The summed E-state index contributed by atoms with van der Waals surface area (Å²) in [4.78, 5) is 16.1. The topological polar surface area (TPSA) is 49.0 Å². The van der Waals surface area contributed by atoms with Gasteiger partial charge in [0.1, 0.15) is 0 Å². The Hall–Kier alpha value is -1.62. The van der Waals surface area contributed by atoms with Crippen LogP contribution < -0.4 is 0 Å². The smallest absolute Gasteiger partial charge is 0.257 e. The lowest BCUT2D eigenvalue weighted by molar-refractivity contribution is 0.0657. The summed E-state index contributed by atoms with van der Waals surface area (Å²) in [7, 11) is 0. The summed E-state index contributed by atoms with van der Waals surface area (Å²) in [6.45, 7) is 4.83. The highest BCUT2D eigenvalue weighted by Gasteiger charge is 2.31. The van der Waals surface area contributed by atoms with Gasteiger partial charge >= 0.3 is 0 Å². The summed E-state index contributed by atoms with van der Waals surface area (Å²) in [5, 5.41) is 8.92. The van der Waals surface area contributed by atoms with Crippen molar-refractivity contribution in [3.8, 4) is 0 Å². The maximum atomic E-state index is 12.7. The van der Waals surface area contributed by atoms with Gasteiger partial charge in [0.2, 0.25) is 0 Å². The minimum Gasteiger partial charge on any atom is -0.331 e. The van der Waals surface area contributed by atoms with Crippen LogP contribution in [0.4, 0.5) is 0 Å². The minimum atomic E-state index is 0.0925. The first kappa shape index (κ1) is 12.4. The Morgan fingerprint density at radius 2 is 2.47 bits per heavy atom. The maximum absolute atomic E-state index is 12.7. The van der Waals surface area contributed by atoms with Gasteiger partial charge in [0, 0.05) is 17.1 Å². The minimum absolute atomic E-state index is 0.0925. The number of carbonyl (C=O) groups is 1. The molecule has 2 aromatic rings. The molecule has 1 atom stereocenters. The molecule has 0 bridgehead atoms. The third-order valence-corrected chi connectivity index (χ3v) is 4.80. The molecule has 19 heavy (non-hydrogen) atoms. The molecule has 0 aromatic carbocycles. The second-order valence-electron chi connectivity index (χ2n) is 4.88. The second kappa shape index (κ2) is 4.81. The van der Waals surface area contributed by atoms with Crippen molar-refractivity contribution in [1.82, 2.24) is 15.1 Å². The number of thiophene rings is 1. The number of hydrogen-bond acceptors (Lipinski definition) is 3. The number of carbonyl (C=O) groups excluding carboxylic acids is 1. The molecule has 0 aliphatic carbocycles. The van der Waals surface area contributed by atoms with Crippen molar-refractivity contribution in [2.45, 2.75) is 32.7 Å². The van der Waals surface area contributed by atoms with Crippen LogP contribution in [0.3, 0.4) is 0 Å². The highest BCUT2D eigenvalue weighted by Crippen LogP contribution is 2.36. The fourth-order valence-corrected chi connectivity index (χ4v) is 3.73. The van der Waals surface area contributed by atoms with Crippen molar-refractivity contribution >= 4 is 17.2 Å². The first-order valence-electron chi connectivity index (χ1n) is 6.59. The Labute approximate surface area is 116 Å². The summed E-state index contributed by atoms with van der Waals surface area (Å²) in [5.41, 5.74) is 2.86. The first-order valence-corrected chi connectivity index (χ1v) is 7.47. The lowest BCUT2D eigenvalue weighted by atomic mass is 9.97. The average Bonchev–Trinajstić information content (AvgIpc) is 3.04. The lowest BCUT2D eigenvalue weighted by Gasteiger charge is -2.35. The van der Waals surface area contributed by atoms with E-state index >= 15 is 0 Å². The van der Waals surface area contributed by atoms with Gasteiger partial charge in [-0.05, 0) is 36.8 Å². The van der Waals surface area contributed by atoms with Crippen LogP contribution in [0.5, 0.6) is 0 Å². The van der Waals surface area contributed by atoms with Gasteiger partial charge in [-0.25, -0.2) is 0 Å². The maximum Gasteiger partial charge on any atom is 0.257 e. The van der Waals surface area contributed by atoms with Gasteiger partial charge in [0.05, 0.1) is 17.8 Å². The summed E-state index contributed by atoms with van der Waals surface area (Å²) in [6, 6.07) is 2.37. The molecule has 1 aliphatic rings. The van der Waals surface area contributed by atoms with Gasteiger partial charge in [0.25, 0.3) is 5.91 Å². The summed E-state index contributed by atoms with van der Waals surface area (Å²) >= 11 is 1.80. The summed E-state index contributed by atoms with van der Waals surface area (Å²) in [6.07, 6.45) is 3.55. The van der Waals surface area contributed by atoms with Gasteiger partial charge in [0.15, 0.2) is 0 Å². The van der Waals surface area contributed by atoms with E-state index in [2.05, 4.69) is 28.6 Å². The zero-order chi connectivity index (χ0) is 13.4. The first-order chi connectivity index (χ1) is 9.22. The predicted octanol–water partition coefficient (Wildman–Crippen LogP) is 2.93. The zero-order valence-corrected chi connectivity index (χ0v) is 12.0. The number of fused-ring (bicyclic) bond motifs is 1. The SMILES string of the molecule is CCC1c2ccsc2CCN1C(=O)c1cn[nH]c1C. The Morgan fingerprint density at radius 1 is 1.63 bits per heavy atom. The van der Waals surface area contributed by atoms with Crippen molar-refractivity contribution in [2.75, 3.05) is 6.54 Å². The predicted molar refractivity (Wildman–Crippen MR) is 75.4 cm³/mol. The quantitative estimate of drug-likeness (QED) is 0.916. The molecule has 0 fully saturated rings. The van der Waals surface area contributed by atoms with Crippen molar-refractivity contribution in [3.63, 3.8) is 0 Å². The van der Waals surface area contributed by atoms with E-state index in [4.69, 9.17) is 0 Å². The number of aromatic nitrogens is 2. The number of rotatable bonds is 2. The van der Waals surface area contributed by atoms with E-state index in [1.165, 1.54) is 10.4 Å². The van der Waals surface area contributed by atoms with Gasteiger partial charge in [-0.15, -0.1) is 11.3 Å². The van der Waals surface area contributed by atoms with Crippen LogP contribution in [0, 0.1) is 6.92 Å². The molecular weight excluding hydrogens is 258 g/mol. The van der Waals surface area contributed by atoms with Gasteiger partial charge in [-0.3, -0.25) is 9.89 Å². The van der Waals surface area contributed by atoms with E-state index in [0.717, 1.165) is 25.1 Å². The second-order valence-corrected chi connectivity index (χ2v) is 5.88. The molecule has 4 nitrogen and oxygen atoms in total. The van der Waals surface area contributed by atoms with Crippen LogP contribution in [-0.2, 0) is 6.42 Å². The molecule has 0 radical (unpaired) electrons. The molecule has 1 N–H and O–H groups in total. The number of aromatic amines is 1. The Bertz CT molecular complexity index is 601. The molecule has 3 rings (SSSR count). The number of hydrogen-bond donors (Lipinski definition) is 1. The number of nitrogens with one attached hydrogen (secondary N) is 1. The molecule has 2 aromatic heterocycles. The normalized spacial score (nSPS) is 18.4. The van der Waals surface area contributed by atoms with E-state index in [1.807, 2.05) is 11.8 Å². The Morgan fingerprint density at radius 3 is 3.16 bits per heavy atom. The molecule has 1 unspecified atom stereocenters. The van der Waals surface area contributed by atoms with E-state index < -0.39 is 0 Å². The molecule has 100 valence electrons. The molecule has 0 saturated carbocycles. The fourth-order valence-electron chi connectivity index (χ4n) is 2.80. The van der Waals surface area contributed by atoms with Crippen LogP contribution in [0.1, 0.15) is 45.9 Å². The molecule has 3 heterocycles. The number of aryl methyl sites for hydroxylation is 1. The van der Waals surface area contributed by atoms with Crippen molar-refractivity contribution in [3.05, 3.63) is 39.3 Å². The largest absolute Gasteiger partial charge is 0.331 e. The monoisotopic (exact) mass is 275 g/mol. The van der Waals surface area contributed by atoms with Crippen LogP contribution >= 0.6 is 11.3 Å². The highest BCUT2D eigenvalue weighted by molar-refractivity contribution is 7.10. The average molecular weight is 275 g/mol. The van der Waals surface area contributed by atoms with Gasteiger partial charge in [-0.1, -0.05) is 6.92 Å². The molecular formula is C14H17N3OS. The molecule has 1 aliphatic heterocycles. The van der Waals surface area contributed by atoms with Crippen molar-refractivity contribution in [1.29, 1.82) is 0 Å². The zero-order valence-electron chi connectivity index (χ0n) is 11.1. The van der Waals surface area contributed by atoms with Crippen LogP contribution in [0.25, 0.3) is 0 Å².